The smallest absolute Gasteiger partial charge is 0.252 e. The summed E-state index contributed by atoms with van der Waals surface area (Å²) in [4.78, 5) is 45.3. The summed E-state index contributed by atoms with van der Waals surface area (Å²) in [5.41, 5.74) is 0. The number of nitrogens with zero attached hydrogens (tertiary/aromatic N) is 1. The van der Waals surface area contributed by atoms with Crippen molar-refractivity contribution in [3.05, 3.63) is 12.2 Å². The quantitative estimate of drug-likeness (QED) is 0.282. The van der Waals surface area contributed by atoms with Gasteiger partial charge in [-0.15, -0.1) is 0 Å². The lowest BCUT2D eigenvalue weighted by Crippen LogP contribution is -2.34. The van der Waals surface area contributed by atoms with Gasteiger partial charge in [-0.05, 0) is 19.9 Å². The van der Waals surface area contributed by atoms with E-state index in [2.05, 4.69) is 5.32 Å². The highest BCUT2D eigenvalue weighted by atomic mass is 16.5. The number of imide groups is 1. The van der Waals surface area contributed by atoms with Crippen molar-refractivity contribution < 1.29 is 28.7 Å². The van der Waals surface area contributed by atoms with E-state index in [4.69, 9.17) is 9.47 Å². The molecule has 0 aliphatic carbocycles. The van der Waals surface area contributed by atoms with Gasteiger partial charge in [0.05, 0.1) is 19.8 Å². The molecule has 0 unspecified atom stereocenters. The average Bonchev–Trinajstić information content (AvgIpc) is 2.50. The van der Waals surface area contributed by atoms with E-state index < -0.39 is 5.91 Å². The lowest BCUT2D eigenvalue weighted by atomic mass is 10.3. The Balaban J connectivity index is 3.65. The molecule has 0 fully saturated rings. The zero-order valence-corrected chi connectivity index (χ0v) is 13.6. The minimum absolute atomic E-state index is 0.0260. The van der Waals surface area contributed by atoms with E-state index in [9.17, 15) is 19.2 Å². The summed E-state index contributed by atoms with van der Waals surface area (Å²) in [5.74, 6) is -0.778. The van der Waals surface area contributed by atoms with Gasteiger partial charge in [-0.1, -0.05) is 6.08 Å². The molecule has 0 bridgehead atoms. The maximum Gasteiger partial charge on any atom is 0.252 e. The predicted molar refractivity (Wildman–Crippen MR) is 82.5 cm³/mol. The second kappa shape index (κ2) is 13.6. The molecule has 0 aromatic heterocycles. The highest BCUT2D eigenvalue weighted by Gasteiger charge is 2.11. The third kappa shape index (κ3) is 12.2. The fraction of sp³-hybridized carbons (Fsp3) is 0.600. The Labute approximate surface area is 135 Å². The van der Waals surface area contributed by atoms with E-state index in [0.29, 0.717) is 32.8 Å². The molecule has 0 atom stereocenters. The van der Waals surface area contributed by atoms with Crippen LogP contribution >= 0.6 is 0 Å². The van der Waals surface area contributed by atoms with Gasteiger partial charge >= 0.3 is 0 Å². The molecule has 0 heterocycles. The fourth-order valence-electron chi connectivity index (χ4n) is 1.46. The van der Waals surface area contributed by atoms with Crippen molar-refractivity contribution in [2.45, 2.75) is 20.3 Å². The normalized spacial score (nSPS) is 10.5. The Morgan fingerprint density at radius 1 is 1.13 bits per heavy atom. The summed E-state index contributed by atoms with van der Waals surface area (Å²) in [6.07, 6.45) is 3.22. The fourth-order valence-corrected chi connectivity index (χ4v) is 1.46. The van der Waals surface area contributed by atoms with Gasteiger partial charge in [0.2, 0.25) is 12.3 Å². The van der Waals surface area contributed by atoms with Gasteiger partial charge in [-0.2, -0.15) is 0 Å². The van der Waals surface area contributed by atoms with Crippen LogP contribution in [-0.2, 0) is 28.7 Å². The second-order valence-electron chi connectivity index (χ2n) is 4.60. The Kier molecular flexibility index (Phi) is 12.4. The SMILES string of the molecule is C/C=C\C(=O)N(C=O)CCC(=O)NCCOCCOCC(C)=O. The number of hydrogen-bond donors (Lipinski definition) is 1. The van der Waals surface area contributed by atoms with Gasteiger partial charge in [0, 0.05) is 19.5 Å². The first-order valence-electron chi connectivity index (χ1n) is 7.31. The number of ether oxygens (including phenoxy) is 2. The molecule has 23 heavy (non-hydrogen) atoms. The molecule has 3 amide bonds. The molecule has 0 aliphatic heterocycles. The Hall–Kier alpha value is -2.06. The van der Waals surface area contributed by atoms with Crippen LogP contribution in [0.3, 0.4) is 0 Å². The molecule has 0 saturated heterocycles. The van der Waals surface area contributed by atoms with E-state index in [0.717, 1.165) is 4.90 Å². The van der Waals surface area contributed by atoms with Gasteiger partial charge in [-0.3, -0.25) is 24.1 Å². The maximum atomic E-state index is 11.6. The molecule has 0 aromatic rings. The molecular weight excluding hydrogens is 304 g/mol. The van der Waals surface area contributed by atoms with Crippen LogP contribution in [0.1, 0.15) is 20.3 Å². The third-order valence-electron chi connectivity index (χ3n) is 2.55. The first-order chi connectivity index (χ1) is 11.0. The van der Waals surface area contributed by atoms with E-state index >= 15 is 0 Å². The number of carbonyl (C=O) groups is 4. The summed E-state index contributed by atoms with van der Waals surface area (Å²) in [6.45, 7) is 4.47. The minimum Gasteiger partial charge on any atom is -0.377 e. The van der Waals surface area contributed by atoms with Crippen LogP contribution in [0.2, 0.25) is 0 Å². The van der Waals surface area contributed by atoms with Crippen molar-refractivity contribution in [1.29, 1.82) is 0 Å². The molecule has 1 N–H and O–H groups in total. The van der Waals surface area contributed by atoms with Crippen molar-refractivity contribution in [1.82, 2.24) is 10.2 Å². The lowest BCUT2D eigenvalue weighted by molar-refractivity contribution is -0.135. The molecule has 0 saturated carbocycles. The van der Waals surface area contributed by atoms with Crippen molar-refractivity contribution >= 4 is 24.0 Å². The predicted octanol–water partition coefficient (Wildman–Crippen LogP) is -0.324. The van der Waals surface area contributed by atoms with Gasteiger partial charge < -0.3 is 14.8 Å². The molecule has 8 nitrogen and oxygen atoms in total. The molecular formula is C15H24N2O6. The zero-order valence-electron chi connectivity index (χ0n) is 13.6. The van der Waals surface area contributed by atoms with E-state index in [1.807, 2.05) is 0 Å². The summed E-state index contributed by atoms with van der Waals surface area (Å²) >= 11 is 0. The van der Waals surface area contributed by atoms with Crippen LogP contribution in [0, 0.1) is 0 Å². The van der Waals surface area contributed by atoms with Gasteiger partial charge in [-0.25, -0.2) is 0 Å². The monoisotopic (exact) mass is 328 g/mol. The largest absolute Gasteiger partial charge is 0.377 e. The molecule has 0 spiro atoms. The number of carbonyl (C=O) groups excluding carboxylic acids is 4. The maximum absolute atomic E-state index is 11.6. The van der Waals surface area contributed by atoms with Crippen LogP contribution in [0.15, 0.2) is 12.2 Å². The average molecular weight is 328 g/mol. The number of Topliss-reactive ketones (excluding diaryl/α,β-unsaturated/α-hetero) is 1. The summed E-state index contributed by atoms with van der Waals surface area (Å²) in [7, 11) is 0. The van der Waals surface area contributed by atoms with E-state index in [1.54, 1.807) is 6.92 Å². The minimum atomic E-state index is -0.454. The molecule has 0 aromatic carbocycles. The molecule has 130 valence electrons. The highest BCUT2D eigenvalue weighted by Crippen LogP contribution is 1.92. The lowest BCUT2D eigenvalue weighted by Gasteiger charge is -2.13. The van der Waals surface area contributed by atoms with Crippen LogP contribution in [-0.4, -0.2) is 68.4 Å². The summed E-state index contributed by atoms with van der Waals surface area (Å²) in [5, 5.41) is 2.61. The first-order valence-corrected chi connectivity index (χ1v) is 7.31. The van der Waals surface area contributed by atoms with Crippen molar-refractivity contribution in [3.8, 4) is 0 Å². The van der Waals surface area contributed by atoms with Crippen LogP contribution in [0.25, 0.3) is 0 Å². The van der Waals surface area contributed by atoms with Gasteiger partial charge in [0.25, 0.3) is 5.91 Å². The summed E-state index contributed by atoms with van der Waals surface area (Å²) in [6, 6.07) is 0. The summed E-state index contributed by atoms with van der Waals surface area (Å²) < 4.78 is 10.2. The van der Waals surface area contributed by atoms with Crippen molar-refractivity contribution in [3.63, 3.8) is 0 Å². The Bertz CT molecular complexity index is 422. The Morgan fingerprint density at radius 3 is 2.43 bits per heavy atom. The molecule has 0 radical (unpaired) electrons. The van der Waals surface area contributed by atoms with Crippen LogP contribution in [0.4, 0.5) is 0 Å². The molecule has 8 heteroatoms. The number of amides is 3. The molecule has 0 aliphatic rings. The highest BCUT2D eigenvalue weighted by molar-refractivity contribution is 5.94. The number of allylic oxidation sites excluding steroid dienone is 1. The Morgan fingerprint density at radius 2 is 1.83 bits per heavy atom. The van der Waals surface area contributed by atoms with Gasteiger partial charge in [0.1, 0.15) is 6.61 Å². The third-order valence-corrected chi connectivity index (χ3v) is 2.55. The van der Waals surface area contributed by atoms with E-state index in [-0.39, 0.29) is 31.3 Å². The second-order valence-corrected chi connectivity index (χ2v) is 4.60. The standard InChI is InChI=1S/C15H24N2O6/c1-3-4-15(21)17(12-18)7-5-14(20)16-6-8-22-9-10-23-11-13(2)19/h3-4,12H,5-11H2,1-2H3,(H,16,20)/b4-3-. The number of ketones is 1. The van der Waals surface area contributed by atoms with E-state index in [1.165, 1.54) is 19.1 Å². The number of nitrogens with one attached hydrogen (secondary N) is 1. The first kappa shape index (κ1) is 20.9. The van der Waals surface area contributed by atoms with Gasteiger partial charge in [0.15, 0.2) is 5.78 Å². The van der Waals surface area contributed by atoms with Crippen LogP contribution < -0.4 is 5.32 Å². The number of rotatable bonds is 13. The number of hydrogen-bond acceptors (Lipinski definition) is 6. The van der Waals surface area contributed by atoms with Crippen molar-refractivity contribution in [2.75, 3.05) is 39.5 Å². The molecule has 0 rings (SSSR count). The zero-order chi connectivity index (χ0) is 17.5. The van der Waals surface area contributed by atoms with Crippen LogP contribution in [0.5, 0.6) is 0 Å². The topological polar surface area (TPSA) is 102 Å². The van der Waals surface area contributed by atoms with Crippen molar-refractivity contribution in [2.24, 2.45) is 0 Å².